The smallest absolute Gasteiger partial charge is 0.167 e. The molecule has 0 amide bonds. The highest BCUT2D eigenvalue weighted by molar-refractivity contribution is 6.30. The van der Waals surface area contributed by atoms with Crippen molar-refractivity contribution < 1.29 is 9.13 Å². The molecule has 90 valence electrons. The van der Waals surface area contributed by atoms with Crippen LogP contribution in [0.4, 0.5) is 4.39 Å². The lowest BCUT2D eigenvalue weighted by atomic mass is 10.2. The van der Waals surface area contributed by atoms with Crippen molar-refractivity contribution in [2.75, 3.05) is 0 Å². The first-order valence-electron chi connectivity index (χ1n) is 5.29. The van der Waals surface area contributed by atoms with Crippen molar-refractivity contribution in [1.82, 2.24) is 10.2 Å². The number of halogens is 2. The van der Waals surface area contributed by atoms with Crippen LogP contribution in [0.3, 0.4) is 0 Å². The number of hydrogen-bond acceptors (Lipinski definition) is 2. The molecule has 1 N–H and O–H groups in total. The Bertz CT molecular complexity index is 711. The number of nitrogens with zero attached hydrogens (tertiary/aromatic N) is 1. The summed E-state index contributed by atoms with van der Waals surface area (Å²) in [7, 11) is 0. The molecule has 5 heteroatoms. The molecule has 1 heterocycles. The highest BCUT2D eigenvalue weighted by Gasteiger charge is 2.08. The first-order valence-corrected chi connectivity index (χ1v) is 5.67. The maximum atomic E-state index is 13.6. The number of nitrogens with one attached hydrogen (secondary N) is 1. The summed E-state index contributed by atoms with van der Waals surface area (Å²) in [6.45, 7) is 0. The lowest BCUT2D eigenvalue weighted by Crippen LogP contribution is -1.88. The third-order valence-electron chi connectivity index (χ3n) is 2.56. The monoisotopic (exact) mass is 262 g/mol. The number of H-pyrrole nitrogens is 1. The topological polar surface area (TPSA) is 37.9 Å². The molecule has 3 rings (SSSR count). The highest BCUT2D eigenvalue weighted by Crippen LogP contribution is 2.31. The Labute approximate surface area is 107 Å². The molecule has 0 saturated heterocycles. The fraction of sp³-hybridized carbons (Fsp3) is 0. The lowest BCUT2D eigenvalue weighted by Gasteiger charge is -2.07. The molecular weight excluding hydrogens is 255 g/mol. The summed E-state index contributed by atoms with van der Waals surface area (Å²) in [4.78, 5) is 0. The van der Waals surface area contributed by atoms with Crippen LogP contribution in [-0.4, -0.2) is 10.2 Å². The molecule has 0 aliphatic heterocycles. The quantitative estimate of drug-likeness (QED) is 0.753. The Morgan fingerprint density at radius 2 is 2.06 bits per heavy atom. The van der Waals surface area contributed by atoms with E-state index in [1.165, 1.54) is 12.1 Å². The van der Waals surface area contributed by atoms with Crippen molar-refractivity contribution in [3.8, 4) is 11.5 Å². The van der Waals surface area contributed by atoms with Gasteiger partial charge >= 0.3 is 0 Å². The molecule has 0 radical (unpaired) electrons. The summed E-state index contributed by atoms with van der Waals surface area (Å²) < 4.78 is 19.2. The van der Waals surface area contributed by atoms with Gasteiger partial charge in [-0.1, -0.05) is 17.7 Å². The van der Waals surface area contributed by atoms with Gasteiger partial charge in [0.05, 0.1) is 17.1 Å². The van der Waals surface area contributed by atoms with Crippen molar-refractivity contribution in [2.45, 2.75) is 0 Å². The number of benzene rings is 2. The standard InChI is InChI=1S/C13H8ClFN2O/c14-8-4-5-13(10(15)6-8)18-12-3-1-2-11-9(12)7-16-17-11/h1-7H,(H,16,17). The molecular formula is C13H8ClFN2O. The number of aromatic nitrogens is 2. The van der Waals surface area contributed by atoms with Gasteiger partial charge in [0, 0.05) is 5.02 Å². The molecule has 0 fully saturated rings. The van der Waals surface area contributed by atoms with Crippen LogP contribution in [0.25, 0.3) is 10.9 Å². The third kappa shape index (κ3) is 1.91. The Morgan fingerprint density at radius 3 is 2.89 bits per heavy atom. The minimum atomic E-state index is -0.497. The van der Waals surface area contributed by atoms with Gasteiger partial charge in [-0.3, -0.25) is 5.10 Å². The summed E-state index contributed by atoms with van der Waals surface area (Å²) in [6.07, 6.45) is 1.64. The molecule has 0 bridgehead atoms. The second-order valence-corrected chi connectivity index (χ2v) is 4.20. The van der Waals surface area contributed by atoms with E-state index in [0.717, 1.165) is 10.9 Å². The Morgan fingerprint density at radius 1 is 1.17 bits per heavy atom. The van der Waals surface area contributed by atoms with Crippen LogP contribution in [-0.2, 0) is 0 Å². The summed E-state index contributed by atoms with van der Waals surface area (Å²) >= 11 is 5.69. The van der Waals surface area contributed by atoms with E-state index in [1.807, 2.05) is 12.1 Å². The second kappa shape index (κ2) is 4.31. The lowest BCUT2D eigenvalue weighted by molar-refractivity contribution is 0.446. The predicted octanol–water partition coefficient (Wildman–Crippen LogP) is 4.15. The minimum Gasteiger partial charge on any atom is -0.454 e. The molecule has 0 unspecified atom stereocenters. The molecule has 0 aliphatic carbocycles. The van der Waals surface area contributed by atoms with Crippen molar-refractivity contribution in [1.29, 1.82) is 0 Å². The number of aromatic amines is 1. The molecule has 3 nitrogen and oxygen atoms in total. The normalized spacial score (nSPS) is 10.8. The number of rotatable bonds is 2. The van der Waals surface area contributed by atoms with Crippen molar-refractivity contribution in [3.63, 3.8) is 0 Å². The van der Waals surface area contributed by atoms with Gasteiger partial charge in [-0.25, -0.2) is 4.39 Å². The van der Waals surface area contributed by atoms with Gasteiger partial charge in [-0.2, -0.15) is 5.10 Å². The van der Waals surface area contributed by atoms with E-state index in [9.17, 15) is 4.39 Å². The molecule has 1 aromatic heterocycles. The molecule has 0 atom stereocenters. The fourth-order valence-electron chi connectivity index (χ4n) is 1.71. The van der Waals surface area contributed by atoms with Crippen molar-refractivity contribution in [2.24, 2.45) is 0 Å². The first-order chi connectivity index (χ1) is 8.74. The Kier molecular flexibility index (Phi) is 2.64. The van der Waals surface area contributed by atoms with Gasteiger partial charge in [0.15, 0.2) is 11.6 Å². The summed E-state index contributed by atoms with van der Waals surface area (Å²) in [5.74, 6) is 0.179. The second-order valence-electron chi connectivity index (χ2n) is 3.76. The zero-order valence-electron chi connectivity index (χ0n) is 9.15. The van der Waals surface area contributed by atoms with E-state index in [0.29, 0.717) is 10.8 Å². The van der Waals surface area contributed by atoms with E-state index in [2.05, 4.69) is 10.2 Å². The zero-order valence-corrected chi connectivity index (χ0v) is 9.91. The maximum Gasteiger partial charge on any atom is 0.167 e. The zero-order chi connectivity index (χ0) is 12.5. The predicted molar refractivity (Wildman–Crippen MR) is 67.6 cm³/mol. The average molecular weight is 263 g/mol. The molecule has 0 aliphatic rings. The summed E-state index contributed by atoms with van der Waals surface area (Å²) in [5, 5.41) is 7.88. The van der Waals surface area contributed by atoms with Gasteiger partial charge in [0.2, 0.25) is 0 Å². The van der Waals surface area contributed by atoms with Crippen molar-refractivity contribution in [3.05, 3.63) is 53.4 Å². The van der Waals surface area contributed by atoms with E-state index < -0.39 is 5.82 Å². The minimum absolute atomic E-state index is 0.133. The van der Waals surface area contributed by atoms with Crippen LogP contribution in [0.1, 0.15) is 0 Å². The third-order valence-corrected chi connectivity index (χ3v) is 2.79. The Hall–Kier alpha value is -2.07. The number of hydrogen-bond donors (Lipinski definition) is 1. The largest absolute Gasteiger partial charge is 0.454 e. The van der Waals surface area contributed by atoms with E-state index in [1.54, 1.807) is 18.3 Å². The van der Waals surface area contributed by atoms with E-state index in [4.69, 9.17) is 16.3 Å². The van der Waals surface area contributed by atoms with Gasteiger partial charge in [0.1, 0.15) is 5.75 Å². The highest BCUT2D eigenvalue weighted by atomic mass is 35.5. The number of ether oxygens (including phenoxy) is 1. The molecule has 0 spiro atoms. The van der Waals surface area contributed by atoms with Crippen molar-refractivity contribution >= 4 is 22.5 Å². The summed E-state index contributed by atoms with van der Waals surface area (Å²) in [6, 6.07) is 9.72. The van der Waals surface area contributed by atoms with Crippen LogP contribution in [0.5, 0.6) is 11.5 Å². The van der Waals surface area contributed by atoms with E-state index in [-0.39, 0.29) is 5.75 Å². The van der Waals surface area contributed by atoms with Crippen LogP contribution < -0.4 is 4.74 Å². The Balaban J connectivity index is 2.03. The first kappa shape index (κ1) is 11.0. The molecule has 18 heavy (non-hydrogen) atoms. The van der Waals surface area contributed by atoms with Gasteiger partial charge in [0.25, 0.3) is 0 Å². The molecule has 3 aromatic rings. The SMILES string of the molecule is Fc1cc(Cl)ccc1Oc1cccc2[nH]ncc12. The van der Waals surface area contributed by atoms with Gasteiger partial charge in [-0.05, 0) is 30.3 Å². The van der Waals surface area contributed by atoms with Gasteiger partial charge in [-0.15, -0.1) is 0 Å². The van der Waals surface area contributed by atoms with Crippen LogP contribution in [0, 0.1) is 5.82 Å². The molecule has 0 saturated carbocycles. The van der Waals surface area contributed by atoms with E-state index >= 15 is 0 Å². The fourth-order valence-corrected chi connectivity index (χ4v) is 1.87. The number of fused-ring (bicyclic) bond motifs is 1. The van der Waals surface area contributed by atoms with Crippen LogP contribution in [0.2, 0.25) is 5.02 Å². The van der Waals surface area contributed by atoms with Crippen LogP contribution >= 0.6 is 11.6 Å². The van der Waals surface area contributed by atoms with Gasteiger partial charge < -0.3 is 4.74 Å². The van der Waals surface area contributed by atoms with Crippen LogP contribution in [0.15, 0.2) is 42.6 Å². The molecule has 2 aromatic carbocycles. The average Bonchev–Trinajstić information content (AvgIpc) is 2.82. The summed E-state index contributed by atoms with van der Waals surface area (Å²) in [5.41, 5.74) is 0.835. The maximum absolute atomic E-state index is 13.6.